The summed E-state index contributed by atoms with van der Waals surface area (Å²) in [5.74, 6) is 1.50. The van der Waals surface area contributed by atoms with E-state index in [2.05, 4.69) is 9.64 Å². The van der Waals surface area contributed by atoms with E-state index in [-0.39, 0.29) is 11.7 Å². The number of hydrogen-bond acceptors (Lipinski definition) is 5. The van der Waals surface area contributed by atoms with Crippen molar-refractivity contribution < 1.29 is 27.8 Å². The van der Waals surface area contributed by atoms with Crippen molar-refractivity contribution in [1.82, 2.24) is 9.80 Å². The molecular weight excluding hydrogens is 382 g/mol. The molecule has 8 heteroatoms. The molecule has 0 bridgehead atoms. The molecule has 2 aliphatic rings. The van der Waals surface area contributed by atoms with Crippen molar-refractivity contribution in [2.45, 2.75) is 13.2 Å². The molecule has 6 nitrogen and oxygen atoms in total. The summed E-state index contributed by atoms with van der Waals surface area (Å²) in [5, 5.41) is 0. The molecule has 1 fully saturated rings. The number of carbonyl (C=O) groups excluding carboxylic acids is 1. The number of amides is 1. The maximum absolute atomic E-state index is 12.6. The first kappa shape index (κ1) is 19.4. The lowest BCUT2D eigenvalue weighted by atomic mass is 10.1. The number of nitrogens with zero attached hydrogens (tertiary/aromatic N) is 2. The van der Waals surface area contributed by atoms with E-state index in [1.54, 1.807) is 4.90 Å². The van der Waals surface area contributed by atoms with Crippen LogP contribution in [0, 0.1) is 0 Å². The van der Waals surface area contributed by atoms with E-state index in [0.717, 1.165) is 36.7 Å². The van der Waals surface area contributed by atoms with E-state index in [4.69, 9.17) is 9.47 Å². The fraction of sp³-hybridized carbons (Fsp3) is 0.381. The maximum Gasteiger partial charge on any atom is 0.387 e. The molecule has 0 unspecified atom stereocenters. The number of alkyl halides is 2. The van der Waals surface area contributed by atoms with Crippen LogP contribution in [0.15, 0.2) is 42.5 Å². The van der Waals surface area contributed by atoms with Crippen LogP contribution < -0.4 is 14.2 Å². The highest BCUT2D eigenvalue weighted by atomic mass is 19.3. The van der Waals surface area contributed by atoms with Gasteiger partial charge in [0.05, 0.1) is 0 Å². The summed E-state index contributed by atoms with van der Waals surface area (Å²) in [4.78, 5) is 16.7. The Hall–Kier alpha value is -2.87. The van der Waals surface area contributed by atoms with Gasteiger partial charge in [0.25, 0.3) is 5.91 Å². The number of fused-ring (bicyclic) bond motifs is 1. The molecule has 0 atom stereocenters. The van der Waals surface area contributed by atoms with Crippen molar-refractivity contribution in [3.05, 3.63) is 53.6 Å². The average Bonchev–Trinajstić information content (AvgIpc) is 2.74. The van der Waals surface area contributed by atoms with E-state index in [9.17, 15) is 13.6 Å². The standard InChI is InChI=1S/C21H22F2N2O4/c22-21(23)29-17-4-2-16(3-5-17)20(26)25-9-7-24(8-10-25)14-15-1-6-18-19(13-15)28-12-11-27-18/h1-6,13,21H,7-12,14H2. The predicted molar refractivity (Wildman–Crippen MR) is 102 cm³/mol. The van der Waals surface area contributed by atoms with Crippen LogP contribution in [0.3, 0.4) is 0 Å². The zero-order valence-electron chi connectivity index (χ0n) is 15.9. The molecule has 4 rings (SSSR count). The number of hydrogen-bond donors (Lipinski definition) is 0. The summed E-state index contributed by atoms with van der Waals surface area (Å²) in [7, 11) is 0. The van der Waals surface area contributed by atoms with Crippen molar-refractivity contribution in [1.29, 1.82) is 0 Å². The monoisotopic (exact) mass is 404 g/mol. The van der Waals surface area contributed by atoms with Crippen LogP contribution >= 0.6 is 0 Å². The second-order valence-electron chi connectivity index (χ2n) is 6.95. The molecule has 0 N–H and O–H groups in total. The molecule has 0 spiro atoms. The summed E-state index contributed by atoms with van der Waals surface area (Å²) in [6, 6.07) is 11.8. The van der Waals surface area contributed by atoms with Gasteiger partial charge in [-0.25, -0.2) is 0 Å². The molecule has 2 heterocycles. The number of halogens is 2. The minimum Gasteiger partial charge on any atom is -0.486 e. The average molecular weight is 404 g/mol. The Morgan fingerprint density at radius 1 is 0.966 bits per heavy atom. The molecule has 1 amide bonds. The van der Waals surface area contributed by atoms with Gasteiger partial charge in [0, 0.05) is 38.3 Å². The Labute approximate surface area is 167 Å². The third-order valence-corrected chi connectivity index (χ3v) is 5.00. The molecule has 0 aliphatic carbocycles. The molecule has 1 saturated heterocycles. The number of carbonyl (C=O) groups is 1. The van der Waals surface area contributed by atoms with Crippen LogP contribution in [0.5, 0.6) is 17.2 Å². The van der Waals surface area contributed by atoms with Crippen molar-refractivity contribution >= 4 is 5.91 Å². The fourth-order valence-corrected chi connectivity index (χ4v) is 3.51. The molecule has 2 aliphatic heterocycles. The number of ether oxygens (including phenoxy) is 3. The van der Waals surface area contributed by atoms with Crippen LogP contribution in [0.1, 0.15) is 15.9 Å². The molecule has 0 saturated carbocycles. The topological polar surface area (TPSA) is 51.2 Å². The fourth-order valence-electron chi connectivity index (χ4n) is 3.51. The molecule has 0 aromatic heterocycles. The Bertz CT molecular complexity index is 852. The van der Waals surface area contributed by atoms with Crippen molar-refractivity contribution in [2.24, 2.45) is 0 Å². The normalized spacial score (nSPS) is 16.7. The Morgan fingerprint density at radius 3 is 2.34 bits per heavy atom. The van der Waals surface area contributed by atoms with Crippen molar-refractivity contribution in [3.8, 4) is 17.2 Å². The van der Waals surface area contributed by atoms with Gasteiger partial charge in [0.15, 0.2) is 11.5 Å². The third-order valence-electron chi connectivity index (χ3n) is 5.00. The van der Waals surface area contributed by atoms with Crippen LogP contribution in [-0.2, 0) is 6.54 Å². The summed E-state index contributed by atoms with van der Waals surface area (Å²) in [6.45, 7) is 1.77. The summed E-state index contributed by atoms with van der Waals surface area (Å²) in [5.41, 5.74) is 1.61. The zero-order valence-corrected chi connectivity index (χ0v) is 15.9. The summed E-state index contributed by atoms with van der Waals surface area (Å²) in [6.07, 6.45) is 0. The molecule has 2 aromatic rings. The van der Waals surface area contributed by atoms with Gasteiger partial charge in [-0.15, -0.1) is 0 Å². The lowest BCUT2D eigenvalue weighted by Crippen LogP contribution is -2.48. The third kappa shape index (κ3) is 4.76. The van der Waals surface area contributed by atoms with E-state index in [1.165, 1.54) is 24.3 Å². The van der Waals surface area contributed by atoms with Gasteiger partial charge in [-0.2, -0.15) is 8.78 Å². The minimum atomic E-state index is -2.88. The zero-order chi connectivity index (χ0) is 20.2. The van der Waals surface area contributed by atoms with E-state index in [0.29, 0.717) is 31.9 Å². The SMILES string of the molecule is O=C(c1ccc(OC(F)F)cc1)N1CCN(Cc2ccc3c(c2)OCCO3)CC1. The van der Waals surface area contributed by atoms with Crippen molar-refractivity contribution in [3.63, 3.8) is 0 Å². The van der Waals surface area contributed by atoms with Gasteiger partial charge in [0.2, 0.25) is 0 Å². The van der Waals surface area contributed by atoms with Gasteiger partial charge in [-0.3, -0.25) is 9.69 Å². The molecule has 29 heavy (non-hydrogen) atoms. The number of benzene rings is 2. The summed E-state index contributed by atoms with van der Waals surface area (Å²) < 4.78 is 40.0. The largest absolute Gasteiger partial charge is 0.486 e. The van der Waals surface area contributed by atoms with E-state index < -0.39 is 6.61 Å². The molecule has 2 aromatic carbocycles. The van der Waals surface area contributed by atoms with Gasteiger partial charge >= 0.3 is 6.61 Å². The molecule has 0 radical (unpaired) electrons. The first-order valence-electron chi connectivity index (χ1n) is 9.53. The van der Waals surface area contributed by atoms with Crippen molar-refractivity contribution in [2.75, 3.05) is 39.4 Å². The highest BCUT2D eigenvalue weighted by Gasteiger charge is 2.23. The first-order valence-corrected chi connectivity index (χ1v) is 9.53. The highest BCUT2D eigenvalue weighted by Crippen LogP contribution is 2.31. The number of piperazine rings is 1. The minimum absolute atomic E-state index is 0.0424. The van der Waals surface area contributed by atoms with Gasteiger partial charge in [-0.05, 0) is 42.0 Å². The van der Waals surface area contributed by atoms with Gasteiger partial charge < -0.3 is 19.1 Å². The summed E-state index contributed by atoms with van der Waals surface area (Å²) >= 11 is 0. The van der Waals surface area contributed by atoms with Crippen LogP contribution in [0.4, 0.5) is 8.78 Å². The second kappa shape index (κ2) is 8.65. The van der Waals surface area contributed by atoms with Crippen LogP contribution in [0.25, 0.3) is 0 Å². The quantitative estimate of drug-likeness (QED) is 0.767. The smallest absolute Gasteiger partial charge is 0.387 e. The van der Waals surface area contributed by atoms with E-state index in [1.807, 2.05) is 18.2 Å². The molecule has 154 valence electrons. The number of rotatable bonds is 5. The Morgan fingerprint density at radius 2 is 1.66 bits per heavy atom. The predicted octanol–water partition coefficient (Wildman–Crippen LogP) is 3.02. The van der Waals surface area contributed by atoms with Crippen LogP contribution in [0.2, 0.25) is 0 Å². The van der Waals surface area contributed by atoms with Gasteiger partial charge in [-0.1, -0.05) is 6.07 Å². The van der Waals surface area contributed by atoms with Crippen LogP contribution in [-0.4, -0.2) is 61.7 Å². The lowest BCUT2D eigenvalue weighted by molar-refractivity contribution is -0.0498. The first-order chi connectivity index (χ1) is 14.1. The van der Waals surface area contributed by atoms with Gasteiger partial charge in [0.1, 0.15) is 19.0 Å². The second-order valence-corrected chi connectivity index (χ2v) is 6.95. The highest BCUT2D eigenvalue weighted by molar-refractivity contribution is 5.94. The molecular formula is C21H22F2N2O4. The Balaban J connectivity index is 1.30. The van der Waals surface area contributed by atoms with E-state index >= 15 is 0 Å². The lowest BCUT2D eigenvalue weighted by Gasteiger charge is -2.35. The maximum atomic E-state index is 12.6. The Kier molecular flexibility index (Phi) is 5.80.